The van der Waals surface area contributed by atoms with Gasteiger partial charge in [0.2, 0.25) is 0 Å². The molecule has 4 heteroatoms. The molecule has 1 saturated heterocycles. The molecule has 0 amide bonds. The summed E-state index contributed by atoms with van der Waals surface area (Å²) in [7, 11) is 0. The molecule has 1 fully saturated rings. The molecule has 1 rings (SSSR count). The van der Waals surface area contributed by atoms with Crippen molar-refractivity contribution in [3.8, 4) is 0 Å². The second-order valence-corrected chi connectivity index (χ2v) is 3.55. The lowest BCUT2D eigenvalue weighted by atomic mass is 9.81. The van der Waals surface area contributed by atoms with Crippen LogP contribution in [0.3, 0.4) is 0 Å². The molecule has 0 aromatic heterocycles. The molecule has 0 spiro atoms. The first-order valence-electron chi connectivity index (χ1n) is 4.59. The van der Waals surface area contributed by atoms with Crippen LogP contribution in [0.15, 0.2) is 0 Å². The number of hydrogen-bond donors (Lipinski definition) is 2. The Hall–Kier alpha value is -0.610. The number of aliphatic carboxylic acids is 1. The van der Waals surface area contributed by atoms with E-state index < -0.39 is 11.6 Å². The summed E-state index contributed by atoms with van der Waals surface area (Å²) >= 11 is 0. The molecule has 1 heterocycles. The average Bonchev–Trinajstić information content (AvgIpc) is 2.50. The minimum absolute atomic E-state index is 0.166. The lowest BCUT2D eigenvalue weighted by Gasteiger charge is -2.30. The number of rotatable bonds is 3. The van der Waals surface area contributed by atoms with Crippen LogP contribution in [-0.2, 0) is 9.53 Å². The van der Waals surface area contributed by atoms with Gasteiger partial charge in [-0.3, -0.25) is 0 Å². The van der Waals surface area contributed by atoms with Gasteiger partial charge < -0.3 is 14.9 Å². The highest BCUT2D eigenvalue weighted by molar-refractivity contribution is 5.77. The van der Waals surface area contributed by atoms with Crippen molar-refractivity contribution in [3.63, 3.8) is 0 Å². The smallest absolute Gasteiger partial charge is 0.336 e. The Bertz CT molecular complexity index is 204. The van der Waals surface area contributed by atoms with Crippen molar-refractivity contribution < 1.29 is 19.7 Å². The van der Waals surface area contributed by atoms with Crippen molar-refractivity contribution in [1.82, 2.24) is 0 Å². The number of carboxylic acid groups (broad SMARTS) is 1. The van der Waals surface area contributed by atoms with Gasteiger partial charge in [-0.05, 0) is 19.8 Å². The Morgan fingerprint density at radius 1 is 1.69 bits per heavy atom. The predicted octanol–water partition coefficient (Wildman–Crippen LogP) is 0.637. The lowest BCUT2D eigenvalue weighted by Crippen LogP contribution is -2.47. The summed E-state index contributed by atoms with van der Waals surface area (Å²) in [6, 6.07) is 0. The maximum atomic E-state index is 10.9. The zero-order valence-electron chi connectivity index (χ0n) is 7.99. The predicted molar refractivity (Wildman–Crippen MR) is 46.4 cm³/mol. The van der Waals surface area contributed by atoms with E-state index >= 15 is 0 Å². The third-order valence-corrected chi connectivity index (χ3v) is 2.90. The standard InChI is InChI=1S/C9H16O4/c1-3-9(12,8(10)11)7-4-5-13-6(7)2/h6-7,12H,3-5H2,1-2H3,(H,10,11). The van der Waals surface area contributed by atoms with Crippen LogP contribution in [0.25, 0.3) is 0 Å². The first kappa shape index (κ1) is 10.5. The molecule has 76 valence electrons. The number of aliphatic hydroxyl groups is 1. The van der Waals surface area contributed by atoms with Crippen molar-refractivity contribution >= 4 is 5.97 Å². The van der Waals surface area contributed by atoms with Gasteiger partial charge >= 0.3 is 5.97 Å². The Kier molecular flexibility index (Phi) is 2.93. The van der Waals surface area contributed by atoms with E-state index in [1.165, 1.54) is 0 Å². The third-order valence-electron chi connectivity index (χ3n) is 2.90. The maximum absolute atomic E-state index is 10.9. The van der Waals surface area contributed by atoms with Crippen LogP contribution in [0, 0.1) is 5.92 Å². The first-order valence-corrected chi connectivity index (χ1v) is 4.59. The topological polar surface area (TPSA) is 66.8 Å². The van der Waals surface area contributed by atoms with Crippen LogP contribution in [0.4, 0.5) is 0 Å². The molecule has 3 unspecified atom stereocenters. The summed E-state index contributed by atoms with van der Waals surface area (Å²) in [6.45, 7) is 4.03. The van der Waals surface area contributed by atoms with Crippen molar-refractivity contribution in [1.29, 1.82) is 0 Å². The van der Waals surface area contributed by atoms with Gasteiger partial charge in [-0.25, -0.2) is 4.79 Å². The summed E-state index contributed by atoms with van der Waals surface area (Å²) in [6.07, 6.45) is 0.680. The average molecular weight is 188 g/mol. The van der Waals surface area contributed by atoms with E-state index in [4.69, 9.17) is 9.84 Å². The fourth-order valence-corrected chi connectivity index (χ4v) is 1.93. The quantitative estimate of drug-likeness (QED) is 0.682. The van der Waals surface area contributed by atoms with Gasteiger partial charge in [0.25, 0.3) is 0 Å². The molecular weight excluding hydrogens is 172 g/mol. The zero-order chi connectivity index (χ0) is 10.1. The summed E-state index contributed by atoms with van der Waals surface area (Å²) in [5.41, 5.74) is -1.62. The Labute approximate surface area is 77.5 Å². The Morgan fingerprint density at radius 3 is 2.62 bits per heavy atom. The third kappa shape index (κ3) is 1.69. The van der Waals surface area contributed by atoms with Crippen LogP contribution in [0.5, 0.6) is 0 Å². The molecule has 1 aliphatic heterocycles. The van der Waals surface area contributed by atoms with E-state index in [9.17, 15) is 9.90 Å². The highest BCUT2D eigenvalue weighted by Crippen LogP contribution is 2.33. The highest BCUT2D eigenvalue weighted by Gasteiger charge is 2.47. The molecule has 0 aliphatic carbocycles. The normalized spacial score (nSPS) is 32.8. The summed E-state index contributed by atoms with van der Waals surface area (Å²) < 4.78 is 5.24. The van der Waals surface area contributed by atoms with Crippen molar-refractivity contribution in [2.45, 2.75) is 38.4 Å². The van der Waals surface area contributed by atoms with Gasteiger partial charge in [-0.15, -0.1) is 0 Å². The maximum Gasteiger partial charge on any atom is 0.336 e. The second-order valence-electron chi connectivity index (χ2n) is 3.55. The summed E-state index contributed by atoms with van der Waals surface area (Å²) in [4.78, 5) is 10.9. The fourth-order valence-electron chi connectivity index (χ4n) is 1.93. The number of carboxylic acids is 1. The minimum atomic E-state index is -1.62. The molecule has 0 radical (unpaired) electrons. The Morgan fingerprint density at radius 2 is 2.31 bits per heavy atom. The van der Waals surface area contributed by atoms with Crippen LogP contribution in [-0.4, -0.2) is 34.5 Å². The van der Waals surface area contributed by atoms with E-state index in [1.54, 1.807) is 13.8 Å². The minimum Gasteiger partial charge on any atom is -0.479 e. The van der Waals surface area contributed by atoms with Gasteiger partial charge in [-0.1, -0.05) is 6.92 Å². The van der Waals surface area contributed by atoms with E-state index in [0.29, 0.717) is 13.0 Å². The van der Waals surface area contributed by atoms with Gasteiger partial charge in [0.1, 0.15) is 0 Å². The molecule has 0 bridgehead atoms. The van der Waals surface area contributed by atoms with Crippen LogP contribution >= 0.6 is 0 Å². The SMILES string of the molecule is CCC(O)(C(=O)O)C1CCOC1C. The lowest BCUT2D eigenvalue weighted by molar-refractivity contribution is -0.167. The van der Waals surface area contributed by atoms with Crippen LogP contribution < -0.4 is 0 Å². The van der Waals surface area contributed by atoms with Gasteiger partial charge in [0, 0.05) is 12.5 Å². The highest BCUT2D eigenvalue weighted by atomic mass is 16.5. The summed E-state index contributed by atoms with van der Waals surface area (Å²) in [5, 5.41) is 18.8. The summed E-state index contributed by atoms with van der Waals surface area (Å²) in [5.74, 6) is -1.42. The molecule has 0 aromatic rings. The van der Waals surface area contributed by atoms with E-state index in [2.05, 4.69) is 0 Å². The van der Waals surface area contributed by atoms with Gasteiger partial charge in [0.15, 0.2) is 5.60 Å². The van der Waals surface area contributed by atoms with Crippen molar-refractivity contribution in [2.75, 3.05) is 6.61 Å². The monoisotopic (exact) mass is 188 g/mol. The molecule has 2 N–H and O–H groups in total. The van der Waals surface area contributed by atoms with Crippen molar-refractivity contribution in [3.05, 3.63) is 0 Å². The van der Waals surface area contributed by atoms with E-state index in [1.807, 2.05) is 0 Å². The van der Waals surface area contributed by atoms with Crippen LogP contribution in [0.2, 0.25) is 0 Å². The number of carbonyl (C=O) groups is 1. The van der Waals surface area contributed by atoms with Crippen LogP contribution in [0.1, 0.15) is 26.7 Å². The largest absolute Gasteiger partial charge is 0.479 e. The number of ether oxygens (including phenoxy) is 1. The molecule has 13 heavy (non-hydrogen) atoms. The molecule has 3 atom stereocenters. The molecular formula is C9H16O4. The zero-order valence-corrected chi connectivity index (χ0v) is 7.99. The van der Waals surface area contributed by atoms with E-state index in [-0.39, 0.29) is 18.4 Å². The van der Waals surface area contributed by atoms with Crippen molar-refractivity contribution in [2.24, 2.45) is 5.92 Å². The first-order chi connectivity index (χ1) is 6.02. The van der Waals surface area contributed by atoms with Gasteiger partial charge in [0.05, 0.1) is 6.10 Å². The molecule has 1 aliphatic rings. The second kappa shape index (κ2) is 3.64. The molecule has 0 aromatic carbocycles. The molecule has 4 nitrogen and oxygen atoms in total. The molecule has 0 saturated carbocycles. The fraction of sp³-hybridized carbons (Fsp3) is 0.889. The van der Waals surface area contributed by atoms with E-state index in [0.717, 1.165) is 0 Å². The van der Waals surface area contributed by atoms with Gasteiger partial charge in [-0.2, -0.15) is 0 Å². The Balaban J connectivity index is 2.81. The number of hydrogen-bond acceptors (Lipinski definition) is 3.